The van der Waals surface area contributed by atoms with Crippen molar-refractivity contribution in [3.63, 3.8) is 0 Å². The van der Waals surface area contributed by atoms with E-state index in [0.717, 1.165) is 16.9 Å². The molecule has 0 atom stereocenters. The second-order valence-electron chi connectivity index (χ2n) is 4.65. The van der Waals surface area contributed by atoms with Crippen LogP contribution in [0.3, 0.4) is 0 Å². The number of phenols is 1. The molecule has 1 N–H and O–H groups in total. The van der Waals surface area contributed by atoms with Crippen LogP contribution in [0.25, 0.3) is 16.9 Å². The minimum absolute atomic E-state index is 0.289. The van der Waals surface area contributed by atoms with E-state index in [1.807, 2.05) is 24.4 Å². The van der Waals surface area contributed by atoms with Crippen LogP contribution in [-0.4, -0.2) is 9.67 Å². The number of rotatable bonds is 2. The summed E-state index contributed by atoms with van der Waals surface area (Å²) >= 11 is 0. The van der Waals surface area contributed by atoms with Crippen LogP contribution in [0.15, 0.2) is 66.9 Å². The average molecular weight is 249 g/mol. The van der Waals surface area contributed by atoms with Gasteiger partial charge in [-0.05, 0) is 61.0 Å². The van der Waals surface area contributed by atoms with Gasteiger partial charge in [-0.15, -0.1) is 0 Å². The Hall–Kier alpha value is -2.48. The van der Waals surface area contributed by atoms with Gasteiger partial charge in [0.15, 0.2) is 0 Å². The Morgan fingerprint density at radius 1 is 0.842 bits per heavy atom. The number of nitrogens with zero attached hydrogens (tertiary/aromatic N) is 1. The van der Waals surface area contributed by atoms with E-state index in [1.165, 1.54) is 5.56 Å². The van der Waals surface area contributed by atoms with Crippen molar-refractivity contribution >= 4 is 0 Å². The third-order valence-electron chi connectivity index (χ3n) is 3.22. The lowest BCUT2D eigenvalue weighted by atomic mass is 10.1. The van der Waals surface area contributed by atoms with Crippen LogP contribution < -0.4 is 0 Å². The molecule has 0 fully saturated rings. The molecule has 3 rings (SSSR count). The summed E-state index contributed by atoms with van der Waals surface area (Å²) in [6, 6.07) is 19.8. The Bertz CT molecular complexity index is 618. The third-order valence-corrected chi connectivity index (χ3v) is 3.22. The number of aryl methyl sites for hydroxylation is 1. The van der Waals surface area contributed by atoms with Gasteiger partial charge in [0.1, 0.15) is 5.75 Å². The van der Waals surface area contributed by atoms with Gasteiger partial charge in [-0.3, -0.25) is 0 Å². The monoisotopic (exact) mass is 249 g/mol. The van der Waals surface area contributed by atoms with Crippen LogP contribution in [0.2, 0.25) is 0 Å². The topological polar surface area (TPSA) is 25.2 Å². The van der Waals surface area contributed by atoms with E-state index in [-0.39, 0.29) is 5.75 Å². The van der Waals surface area contributed by atoms with Gasteiger partial charge in [0.05, 0.1) is 5.69 Å². The predicted octanol–water partition coefficient (Wildman–Crippen LogP) is 4.16. The van der Waals surface area contributed by atoms with Gasteiger partial charge in [0.25, 0.3) is 0 Å². The molecule has 0 saturated heterocycles. The van der Waals surface area contributed by atoms with Gasteiger partial charge >= 0.3 is 0 Å². The van der Waals surface area contributed by atoms with Crippen molar-refractivity contribution in [2.45, 2.75) is 6.92 Å². The number of benzene rings is 2. The van der Waals surface area contributed by atoms with Crippen molar-refractivity contribution in [2.24, 2.45) is 0 Å². The molecule has 2 nitrogen and oxygen atoms in total. The van der Waals surface area contributed by atoms with Gasteiger partial charge in [0.2, 0.25) is 0 Å². The van der Waals surface area contributed by atoms with E-state index in [0.29, 0.717) is 0 Å². The van der Waals surface area contributed by atoms with Crippen molar-refractivity contribution in [3.8, 4) is 22.7 Å². The largest absolute Gasteiger partial charge is 0.508 e. The molecule has 0 unspecified atom stereocenters. The van der Waals surface area contributed by atoms with E-state index < -0.39 is 0 Å². The van der Waals surface area contributed by atoms with Crippen LogP contribution in [0.5, 0.6) is 5.75 Å². The number of aromatic nitrogens is 1. The molecule has 0 bridgehead atoms. The Morgan fingerprint density at radius 2 is 1.53 bits per heavy atom. The SMILES string of the molecule is Cc1ccc(-n2cccc2-c2ccc(O)cc2)cc1. The number of hydrogen-bond donors (Lipinski definition) is 1. The van der Waals surface area contributed by atoms with E-state index >= 15 is 0 Å². The molecule has 0 saturated carbocycles. The van der Waals surface area contributed by atoms with Gasteiger partial charge in [-0.2, -0.15) is 0 Å². The van der Waals surface area contributed by atoms with Crippen molar-refractivity contribution in [1.29, 1.82) is 0 Å². The summed E-state index contributed by atoms with van der Waals surface area (Å²) in [4.78, 5) is 0. The highest BCUT2D eigenvalue weighted by atomic mass is 16.3. The second-order valence-corrected chi connectivity index (χ2v) is 4.65. The zero-order valence-corrected chi connectivity index (χ0v) is 10.7. The molecule has 0 radical (unpaired) electrons. The maximum absolute atomic E-state index is 9.36. The van der Waals surface area contributed by atoms with Crippen LogP contribution in [0.4, 0.5) is 0 Å². The first kappa shape index (κ1) is 11.6. The molecule has 2 heteroatoms. The molecular weight excluding hydrogens is 234 g/mol. The fraction of sp³-hybridized carbons (Fsp3) is 0.0588. The molecule has 2 aromatic carbocycles. The first-order valence-electron chi connectivity index (χ1n) is 6.28. The molecule has 1 heterocycles. The summed E-state index contributed by atoms with van der Waals surface area (Å²) in [5.41, 5.74) is 4.59. The first-order chi connectivity index (χ1) is 9.24. The lowest BCUT2D eigenvalue weighted by Crippen LogP contribution is -1.94. The molecule has 94 valence electrons. The molecule has 19 heavy (non-hydrogen) atoms. The fourth-order valence-electron chi connectivity index (χ4n) is 2.18. The lowest BCUT2D eigenvalue weighted by molar-refractivity contribution is 0.475. The highest BCUT2D eigenvalue weighted by Gasteiger charge is 2.05. The quantitative estimate of drug-likeness (QED) is 0.725. The van der Waals surface area contributed by atoms with Crippen LogP contribution >= 0.6 is 0 Å². The predicted molar refractivity (Wildman–Crippen MR) is 77.6 cm³/mol. The van der Waals surface area contributed by atoms with Gasteiger partial charge in [-0.25, -0.2) is 0 Å². The Labute approximate surface area is 112 Å². The minimum Gasteiger partial charge on any atom is -0.508 e. The van der Waals surface area contributed by atoms with Crippen LogP contribution in [-0.2, 0) is 0 Å². The zero-order valence-electron chi connectivity index (χ0n) is 10.7. The van der Waals surface area contributed by atoms with E-state index in [4.69, 9.17) is 0 Å². The standard InChI is InChI=1S/C17H15NO/c1-13-4-8-15(9-5-13)18-12-2-3-17(18)14-6-10-16(19)11-7-14/h2-12,19H,1H3. The highest BCUT2D eigenvalue weighted by molar-refractivity contribution is 5.63. The summed E-state index contributed by atoms with van der Waals surface area (Å²) in [7, 11) is 0. The molecule has 0 amide bonds. The summed E-state index contributed by atoms with van der Waals surface area (Å²) in [5.74, 6) is 0.289. The maximum atomic E-state index is 9.36. The maximum Gasteiger partial charge on any atom is 0.115 e. The Kier molecular flexibility index (Phi) is 2.84. The summed E-state index contributed by atoms with van der Waals surface area (Å²) in [5, 5.41) is 9.36. The molecular formula is C17H15NO. The number of aromatic hydroxyl groups is 1. The van der Waals surface area contributed by atoms with Crippen molar-refractivity contribution in [3.05, 3.63) is 72.4 Å². The van der Waals surface area contributed by atoms with E-state index in [2.05, 4.69) is 41.8 Å². The molecule has 0 spiro atoms. The number of hydrogen-bond acceptors (Lipinski definition) is 1. The molecule has 0 aliphatic heterocycles. The highest BCUT2D eigenvalue weighted by Crippen LogP contribution is 2.25. The lowest BCUT2D eigenvalue weighted by Gasteiger charge is -2.10. The van der Waals surface area contributed by atoms with Crippen LogP contribution in [0, 0.1) is 6.92 Å². The molecule has 3 aromatic rings. The number of phenolic OH excluding ortho intramolecular Hbond substituents is 1. The van der Waals surface area contributed by atoms with Gasteiger partial charge in [-0.1, -0.05) is 17.7 Å². The second kappa shape index (κ2) is 4.65. The molecule has 0 aliphatic rings. The average Bonchev–Trinajstić information content (AvgIpc) is 2.90. The van der Waals surface area contributed by atoms with Crippen molar-refractivity contribution in [2.75, 3.05) is 0 Å². The van der Waals surface area contributed by atoms with Crippen molar-refractivity contribution in [1.82, 2.24) is 4.57 Å². The fourth-order valence-corrected chi connectivity index (χ4v) is 2.18. The van der Waals surface area contributed by atoms with Crippen molar-refractivity contribution < 1.29 is 5.11 Å². The summed E-state index contributed by atoms with van der Waals surface area (Å²) in [6.45, 7) is 2.08. The summed E-state index contributed by atoms with van der Waals surface area (Å²) in [6.07, 6.45) is 2.05. The summed E-state index contributed by atoms with van der Waals surface area (Å²) < 4.78 is 2.14. The minimum atomic E-state index is 0.289. The third kappa shape index (κ3) is 2.25. The van der Waals surface area contributed by atoms with E-state index in [9.17, 15) is 5.11 Å². The molecule has 0 aliphatic carbocycles. The Balaban J connectivity index is 2.07. The molecule has 1 aromatic heterocycles. The van der Waals surface area contributed by atoms with Crippen LogP contribution in [0.1, 0.15) is 5.56 Å². The normalized spacial score (nSPS) is 10.6. The Morgan fingerprint density at radius 3 is 2.21 bits per heavy atom. The smallest absolute Gasteiger partial charge is 0.115 e. The van der Waals surface area contributed by atoms with Gasteiger partial charge < -0.3 is 9.67 Å². The van der Waals surface area contributed by atoms with E-state index in [1.54, 1.807) is 12.1 Å². The van der Waals surface area contributed by atoms with Gasteiger partial charge in [0, 0.05) is 11.9 Å². The first-order valence-corrected chi connectivity index (χ1v) is 6.28. The zero-order chi connectivity index (χ0) is 13.2.